The number of para-hydroxylation sites is 1. The highest BCUT2D eigenvalue weighted by molar-refractivity contribution is 7.92. The van der Waals surface area contributed by atoms with E-state index in [1.54, 1.807) is 24.3 Å². The number of aryl methyl sites for hydroxylation is 2. The van der Waals surface area contributed by atoms with Crippen LogP contribution in [0.2, 0.25) is 0 Å². The van der Waals surface area contributed by atoms with Gasteiger partial charge in [-0.2, -0.15) is 0 Å². The molecule has 0 radical (unpaired) electrons. The van der Waals surface area contributed by atoms with Gasteiger partial charge in [-0.05, 0) is 62.4 Å². The molecule has 0 spiro atoms. The van der Waals surface area contributed by atoms with Crippen LogP contribution in [0.3, 0.4) is 0 Å². The summed E-state index contributed by atoms with van der Waals surface area (Å²) in [4.78, 5) is 25.3. The van der Waals surface area contributed by atoms with Gasteiger partial charge in [0.25, 0.3) is 5.91 Å². The highest BCUT2D eigenvalue weighted by atomic mass is 32.2. The van der Waals surface area contributed by atoms with Crippen LogP contribution in [0.1, 0.15) is 47.2 Å². The van der Waals surface area contributed by atoms with Crippen LogP contribution in [0.4, 0.5) is 11.4 Å². The van der Waals surface area contributed by atoms with E-state index in [9.17, 15) is 18.0 Å². The Morgan fingerprint density at radius 2 is 1.91 bits per heavy atom. The second kappa shape index (κ2) is 11.5. The van der Waals surface area contributed by atoms with Gasteiger partial charge in [-0.25, -0.2) is 8.42 Å². The Kier molecular flexibility index (Phi) is 8.68. The lowest BCUT2D eigenvalue weighted by Crippen LogP contribution is -2.33. The van der Waals surface area contributed by atoms with E-state index in [1.165, 1.54) is 10.6 Å². The number of hydrogen-bond acceptors (Lipinski definition) is 5. The van der Waals surface area contributed by atoms with Crippen molar-refractivity contribution in [2.24, 2.45) is 0 Å². The van der Waals surface area contributed by atoms with Crippen molar-refractivity contribution >= 4 is 33.2 Å². The molecule has 8 nitrogen and oxygen atoms in total. The lowest BCUT2D eigenvalue weighted by molar-refractivity contribution is -0.116. The summed E-state index contributed by atoms with van der Waals surface area (Å²) in [7, 11) is -3.51. The number of hydrogen-bond donors (Lipinski definition) is 2. The minimum atomic E-state index is -3.51. The zero-order chi connectivity index (χ0) is 24.7. The predicted molar refractivity (Wildman–Crippen MR) is 134 cm³/mol. The van der Waals surface area contributed by atoms with Gasteiger partial charge >= 0.3 is 0 Å². The van der Waals surface area contributed by atoms with Crippen LogP contribution < -0.4 is 14.9 Å². The Hall–Kier alpha value is -2.91. The van der Waals surface area contributed by atoms with Crippen LogP contribution >= 0.6 is 0 Å². The van der Waals surface area contributed by atoms with Gasteiger partial charge in [-0.1, -0.05) is 24.3 Å². The Morgan fingerprint density at radius 3 is 2.62 bits per heavy atom. The van der Waals surface area contributed by atoms with Crippen LogP contribution in [-0.2, 0) is 19.6 Å². The van der Waals surface area contributed by atoms with Gasteiger partial charge in [0.15, 0.2) is 0 Å². The third-order valence-corrected chi connectivity index (χ3v) is 6.94. The topological polar surface area (TPSA) is 105 Å². The Morgan fingerprint density at radius 1 is 1.15 bits per heavy atom. The number of nitrogens with one attached hydrogen (secondary N) is 2. The number of rotatable bonds is 10. The molecule has 1 heterocycles. The number of carbonyl (C=O) groups excluding carboxylic acids is 2. The SMILES string of the molecule is Cc1ccc(C)c(N(CCCC(=O)Nc2ccccc2C(=O)NC[C@@H]2CCCO2)S(C)(=O)=O)c1. The molecule has 3 rings (SSSR count). The van der Waals surface area contributed by atoms with Crippen molar-refractivity contribution in [2.75, 3.05) is 35.6 Å². The number of ether oxygens (including phenoxy) is 1. The van der Waals surface area contributed by atoms with Crippen molar-refractivity contribution in [2.45, 2.75) is 45.6 Å². The van der Waals surface area contributed by atoms with Crippen molar-refractivity contribution in [1.29, 1.82) is 0 Å². The largest absolute Gasteiger partial charge is 0.376 e. The normalized spacial score (nSPS) is 15.7. The summed E-state index contributed by atoms with van der Waals surface area (Å²) in [6.45, 7) is 5.10. The second-order valence-electron chi connectivity index (χ2n) is 8.67. The molecule has 1 atom stereocenters. The van der Waals surface area contributed by atoms with Crippen molar-refractivity contribution in [1.82, 2.24) is 5.32 Å². The first kappa shape index (κ1) is 25.7. The third kappa shape index (κ3) is 7.04. The molecule has 2 amide bonds. The number of carbonyl (C=O) groups is 2. The monoisotopic (exact) mass is 487 g/mol. The van der Waals surface area contributed by atoms with E-state index < -0.39 is 10.0 Å². The number of nitrogens with zero attached hydrogens (tertiary/aromatic N) is 1. The molecular weight excluding hydrogens is 454 g/mol. The van der Waals surface area contributed by atoms with Crippen molar-refractivity contribution in [3.63, 3.8) is 0 Å². The van der Waals surface area contributed by atoms with Gasteiger partial charge in [-0.3, -0.25) is 13.9 Å². The number of amides is 2. The molecule has 1 saturated heterocycles. The molecule has 2 aromatic carbocycles. The maximum atomic E-state index is 12.6. The number of benzene rings is 2. The van der Waals surface area contributed by atoms with Gasteiger partial charge < -0.3 is 15.4 Å². The van der Waals surface area contributed by atoms with E-state index in [-0.39, 0.29) is 30.9 Å². The summed E-state index contributed by atoms with van der Waals surface area (Å²) in [5.41, 5.74) is 3.23. The van der Waals surface area contributed by atoms with Gasteiger partial charge in [0.05, 0.1) is 29.3 Å². The van der Waals surface area contributed by atoms with Crippen molar-refractivity contribution < 1.29 is 22.7 Å². The summed E-state index contributed by atoms with van der Waals surface area (Å²) in [5, 5.41) is 5.66. The smallest absolute Gasteiger partial charge is 0.253 e. The van der Waals surface area contributed by atoms with E-state index in [0.29, 0.717) is 36.5 Å². The summed E-state index contributed by atoms with van der Waals surface area (Å²) < 4.78 is 31.7. The standard InChI is InChI=1S/C25H33N3O5S/c1-18-12-13-19(2)23(16-18)28(34(3,31)32)14-6-11-24(29)27-22-10-5-4-9-21(22)25(30)26-17-20-8-7-15-33-20/h4-5,9-10,12-13,16,20H,6-8,11,14-15,17H2,1-3H3,(H,26,30)(H,27,29)/t20-/m0/s1. The van der Waals surface area contributed by atoms with Crippen LogP contribution in [0.15, 0.2) is 42.5 Å². The van der Waals surface area contributed by atoms with E-state index in [4.69, 9.17) is 4.74 Å². The van der Waals surface area contributed by atoms with E-state index >= 15 is 0 Å². The minimum absolute atomic E-state index is 0.0283. The average molecular weight is 488 g/mol. The molecule has 0 unspecified atom stereocenters. The quantitative estimate of drug-likeness (QED) is 0.535. The zero-order valence-electron chi connectivity index (χ0n) is 20.0. The molecule has 1 fully saturated rings. The van der Waals surface area contributed by atoms with Crippen molar-refractivity contribution in [3.8, 4) is 0 Å². The molecule has 0 saturated carbocycles. The molecule has 2 N–H and O–H groups in total. The van der Waals surface area contributed by atoms with E-state index in [2.05, 4.69) is 10.6 Å². The van der Waals surface area contributed by atoms with Gasteiger partial charge in [-0.15, -0.1) is 0 Å². The van der Waals surface area contributed by atoms with Crippen LogP contribution in [0.25, 0.3) is 0 Å². The van der Waals surface area contributed by atoms with Crippen molar-refractivity contribution in [3.05, 3.63) is 59.2 Å². The van der Waals surface area contributed by atoms with E-state index in [0.717, 1.165) is 24.0 Å². The second-order valence-corrected chi connectivity index (χ2v) is 10.6. The molecule has 0 bridgehead atoms. The maximum Gasteiger partial charge on any atom is 0.253 e. The lowest BCUT2D eigenvalue weighted by atomic mass is 10.1. The summed E-state index contributed by atoms with van der Waals surface area (Å²) >= 11 is 0. The Bertz CT molecular complexity index is 1130. The summed E-state index contributed by atoms with van der Waals surface area (Å²) in [5.74, 6) is -0.557. The first-order chi connectivity index (χ1) is 16.1. The molecular formula is C25H33N3O5S. The Balaban J connectivity index is 1.59. The van der Waals surface area contributed by atoms with Gasteiger partial charge in [0.1, 0.15) is 0 Å². The highest BCUT2D eigenvalue weighted by Gasteiger charge is 2.21. The first-order valence-electron chi connectivity index (χ1n) is 11.5. The molecule has 1 aliphatic heterocycles. The fourth-order valence-corrected chi connectivity index (χ4v) is 4.96. The zero-order valence-corrected chi connectivity index (χ0v) is 20.8. The summed E-state index contributed by atoms with van der Waals surface area (Å²) in [6, 6.07) is 12.5. The van der Waals surface area contributed by atoms with E-state index in [1.807, 2.05) is 32.0 Å². The molecule has 34 heavy (non-hydrogen) atoms. The molecule has 1 aliphatic rings. The van der Waals surface area contributed by atoms with Crippen LogP contribution in [0.5, 0.6) is 0 Å². The summed E-state index contributed by atoms with van der Waals surface area (Å²) in [6.07, 6.45) is 3.56. The van der Waals surface area contributed by atoms with Crippen LogP contribution in [-0.4, -0.2) is 52.3 Å². The first-order valence-corrected chi connectivity index (χ1v) is 13.3. The predicted octanol–water partition coefficient (Wildman–Crippen LogP) is 3.40. The van der Waals surface area contributed by atoms with Gasteiger partial charge in [0.2, 0.25) is 15.9 Å². The fourth-order valence-electron chi connectivity index (χ4n) is 3.95. The molecule has 0 aliphatic carbocycles. The average Bonchev–Trinajstić information content (AvgIpc) is 3.30. The Labute approximate surface area is 201 Å². The molecule has 0 aromatic heterocycles. The van der Waals surface area contributed by atoms with Gasteiger partial charge in [0, 0.05) is 26.1 Å². The highest BCUT2D eigenvalue weighted by Crippen LogP contribution is 2.24. The molecule has 184 valence electrons. The lowest BCUT2D eigenvalue weighted by Gasteiger charge is -2.24. The van der Waals surface area contributed by atoms with Crippen LogP contribution in [0, 0.1) is 13.8 Å². The molecule has 9 heteroatoms. The third-order valence-electron chi connectivity index (χ3n) is 5.76. The molecule has 2 aromatic rings. The number of sulfonamides is 1. The number of anilines is 2. The fraction of sp³-hybridized carbons (Fsp3) is 0.440. The minimum Gasteiger partial charge on any atom is -0.376 e. The maximum absolute atomic E-state index is 12.6.